The van der Waals surface area contributed by atoms with Crippen molar-refractivity contribution >= 4 is 17.4 Å². The van der Waals surface area contributed by atoms with Gasteiger partial charge in [0.2, 0.25) is 11.6 Å². The van der Waals surface area contributed by atoms with E-state index in [-0.39, 0.29) is 41.2 Å². The van der Waals surface area contributed by atoms with Crippen LogP contribution in [-0.4, -0.2) is 38.3 Å². The van der Waals surface area contributed by atoms with Gasteiger partial charge in [-0.2, -0.15) is 0 Å². The first-order valence-corrected chi connectivity index (χ1v) is 6.71. The minimum absolute atomic E-state index is 0.0145. The van der Waals surface area contributed by atoms with Gasteiger partial charge >= 0.3 is 5.76 Å². The minimum Gasteiger partial charge on any atom is -0.395 e. The second-order valence-electron chi connectivity index (χ2n) is 4.32. The van der Waals surface area contributed by atoms with Crippen LogP contribution >= 0.6 is 11.6 Å². The Morgan fingerprint density at radius 1 is 1.35 bits per heavy atom. The maximum atomic E-state index is 13.3. The first kappa shape index (κ1) is 15.2. The number of nitrogens with one attached hydrogen (secondary N) is 1. The van der Waals surface area contributed by atoms with E-state index in [1.54, 1.807) is 0 Å². The summed E-state index contributed by atoms with van der Waals surface area (Å²) in [4.78, 5) is 11.9. The molecular weight excluding hydrogens is 333 g/mol. The van der Waals surface area contributed by atoms with E-state index in [9.17, 15) is 9.18 Å². The second-order valence-corrected chi connectivity index (χ2v) is 4.72. The number of rotatable bonds is 5. The molecule has 23 heavy (non-hydrogen) atoms. The SMILES string of the molecule is O=c1onc(-c2nonc2NCCO)n1-c1ccc(F)c(Cl)c1. The molecule has 0 radical (unpaired) electrons. The highest BCUT2D eigenvalue weighted by Crippen LogP contribution is 2.25. The Morgan fingerprint density at radius 3 is 2.91 bits per heavy atom. The molecule has 0 aliphatic carbocycles. The summed E-state index contributed by atoms with van der Waals surface area (Å²) in [5.74, 6) is -1.30. The highest BCUT2D eigenvalue weighted by Gasteiger charge is 2.22. The van der Waals surface area contributed by atoms with Crippen molar-refractivity contribution < 1.29 is 18.6 Å². The molecule has 0 bridgehead atoms. The summed E-state index contributed by atoms with van der Waals surface area (Å²) in [5.41, 5.74) is 0.318. The van der Waals surface area contributed by atoms with Gasteiger partial charge in [-0.3, -0.25) is 4.52 Å². The van der Waals surface area contributed by atoms with Crippen LogP contribution in [0.3, 0.4) is 0 Å². The summed E-state index contributed by atoms with van der Waals surface area (Å²) >= 11 is 5.73. The molecule has 0 fully saturated rings. The Hall–Kier alpha value is -2.72. The van der Waals surface area contributed by atoms with E-state index in [2.05, 4.69) is 29.9 Å². The fraction of sp³-hybridized carbons (Fsp3) is 0.167. The quantitative estimate of drug-likeness (QED) is 0.707. The fourth-order valence-electron chi connectivity index (χ4n) is 1.88. The molecule has 3 rings (SSSR count). The van der Waals surface area contributed by atoms with Crippen LogP contribution in [0.25, 0.3) is 17.2 Å². The van der Waals surface area contributed by atoms with Gasteiger partial charge in [0.25, 0.3) is 0 Å². The summed E-state index contributed by atoms with van der Waals surface area (Å²) in [6, 6.07) is 3.68. The van der Waals surface area contributed by atoms with Crippen LogP contribution in [0.15, 0.2) is 32.1 Å². The van der Waals surface area contributed by atoms with Gasteiger partial charge in [0.1, 0.15) is 5.82 Å². The zero-order valence-corrected chi connectivity index (χ0v) is 12.1. The van der Waals surface area contributed by atoms with Crippen LogP contribution in [-0.2, 0) is 0 Å². The monoisotopic (exact) mass is 341 g/mol. The number of hydrogen-bond donors (Lipinski definition) is 2. The summed E-state index contributed by atoms with van der Waals surface area (Å²) in [6.07, 6.45) is 0. The Morgan fingerprint density at radius 2 is 2.17 bits per heavy atom. The van der Waals surface area contributed by atoms with Crippen molar-refractivity contribution in [1.29, 1.82) is 0 Å². The van der Waals surface area contributed by atoms with Crippen molar-refractivity contribution in [2.45, 2.75) is 0 Å². The van der Waals surface area contributed by atoms with E-state index in [4.69, 9.17) is 16.7 Å². The number of benzene rings is 1. The molecule has 1 aromatic carbocycles. The van der Waals surface area contributed by atoms with E-state index >= 15 is 0 Å². The van der Waals surface area contributed by atoms with Crippen LogP contribution in [0, 0.1) is 5.82 Å². The molecule has 3 aromatic rings. The lowest BCUT2D eigenvalue weighted by Gasteiger charge is -2.05. The second kappa shape index (κ2) is 6.18. The van der Waals surface area contributed by atoms with Crippen LogP contribution < -0.4 is 11.1 Å². The third-order valence-electron chi connectivity index (χ3n) is 2.87. The maximum Gasteiger partial charge on any atom is 0.446 e. The highest BCUT2D eigenvalue weighted by molar-refractivity contribution is 6.30. The molecule has 0 spiro atoms. The van der Waals surface area contributed by atoms with Gasteiger partial charge in [0.15, 0.2) is 5.69 Å². The van der Waals surface area contributed by atoms with Crippen molar-refractivity contribution in [3.63, 3.8) is 0 Å². The molecule has 11 heteroatoms. The largest absolute Gasteiger partial charge is 0.446 e. The van der Waals surface area contributed by atoms with E-state index in [1.165, 1.54) is 12.1 Å². The molecule has 2 aromatic heterocycles. The molecule has 0 aliphatic heterocycles. The average Bonchev–Trinajstić information content (AvgIpc) is 3.14. The summed E-state index contributed by atoms with van der Waals surface area (Å²) in [5, 5.41) is 22.3. The Bertz CT molecular complexity index is 890. The molecular formula is C12H9ClFN5O4. The number of aromatic nitrogens is 4. The summed E-state index contributed by atoms with van der Waals surface area (Å²) in [7, 11) is 0. The first-order valence-electron chi connectivity index (χ1n) is 6.33. The number of nitrogens with zero attached hydrogens (tertiary/aromatic N) is 4. The topological polar surface area (TPSA) is 119 Å². The van der Waals surface area contributed by atoms with Crippen LogP contribution in [0.5, 0.6) is 0 Å². The van der Waals surface area contributed by atoms with E-state index in [1.807, 2.05) is 0 Å². The zero-order valence-electron chi connectivity index (χ0n) is 11.4. The normalized spacial score (nSPS) is 10.9. The molecule has 2 N–H and O–H groups in total. The Kier molecular flexibility index (Phi) is 4.08. The van der Waals surface area contributed by atoms with Gasteiger partial charge in [-0.05, 0) is 28.5 Å². The molecule has 120 valence electrons. The van der Waals surface area contributed by atoms with Gasteiger partial charge in [0.05, 0.1) is 17.3 Å². The Labute approximate surface area is 132 Å². The standard InChI is InChI=1S/C12H9ClFN5O4/c13-7-5-6(1-2-8(7)14)19-11(18-22-12(19)21)9-10(15-3-4-20)17-23-16-9/h1-2,5,20H,3-4H2,(H,15,17). The van der Waals surface area contributed by atoms with Crippen LogP contribution in [0.4, 0.5) is 10.2 Å². The molecule has 2 heterocycles. The summed E-state index contributed by atoms with van der Waals surface area (Å²) in [6.45, 7) is 0.0389. The van der Waals surface area contributed by atoms with Gasteiger partial charge in [0, 0.05) is 6.54 Å². The number of hydrogen-bond acceptors (Lipinski definition) is 8. The van der Waals surface area contributed by atoms with Gasteiger partial charge in [-0.15, -0.1) is 0 Å². The van der Waals surface area contributed by atoms with Gasteiger partial charge < -0.3 is 10.4 Å². The van der Waals surface area contributed by atoms with Crippen molar-refractivity contribution in [1.82, 2.24) is 20.0 Å². The zero-order chi connectivity index (χ0) is 16.4. The molecule has 0 aliphatic rings. The van der Waals surface area contributed by atoms with E-state index < -0.39 is 11.6 Å². The fourth-order valence-corrected chi connectivity index (χ4v) is 2.05. The molecule has 0 atom stereocenters. The van der Waals surface area contributed by atoms with Gasteiger partial charge in [-0.25, -0.2) is 18.4 Å². The van der Waals surface area contributed by atoms with Crippen molar-refractivity contribution in [2.24, 2.45) is 0 Å². The van der Waals surface area contributed by atoms with Gasteiger partial charge in [-0.1, -0.05) is 16.8 Å². The maximum absolute atomic E-state index is 13.3. The van der Waals surface area contributed by atoms with Crippen molar-refractivity contribution in [2.75, 3.05) is 18.5 Å². The third kappa shape index (κ3) is 2.81. The lowest BCUT2D eigenvalue weighted by Crippen LogP contribution is -2.14. The van der Waals surface area contributed by atoms with Crippen LogP contribution in [0.1, 0.15) is 0 Å². The smallest absolute Gasteiger partial charge is 0.395 e. The lowest BCUT2D eigenvalue weighted by molar-refractivity contribution is 0.304. The number of aliphatic hydroxyl groups is 1. The Balaban J connectivity index is 2.11. The number of aliphatic hydroxyl groups excluding tert-OH is 1. The van der Waals surface area contributed by atoms with Crippen molar-refractivity contribution in [3.05, 3.63) is 39.6 Å². The molecule has 0 unspecified atom stereocenters. The van der Waals surface area contributed by atoms with E-state index in [0.29, 0.717) is 0 Å². The predicted octanol–water partition coefficient (Wildman–Crippen LogP) is 1.07. The third-order valence-corrected chi connectivity index (χ3v) is 3.16. The molecule has 0 saturated carbocycles. The average molecular weight is 342 g/mol. The first-order chi connectivity index (χ1) is 11.1. The lowest BCUT2D eigenvalue weighted by atomic mass is 10.3. The highest BCUT2D eigenvalue weighted by atomic mass is 35.5. The van der Waals surface area contributed by atoms with E-state index in [0.717, 1.165) is 10.6 Å². The minimum atomic E-state index is -0.821. The molecule has 0 amide bonds. The van der Waals surface area contributed by atoms with Crippen molar-refractivity contribution in [3.8, 4) is 17.2 Å². The molecule has 9 nitrogen and oxygen atoms in total. The number of halogens is 2. The van der Waals surface area contributed by atoms with Crippen LogP contribution in [0.2, 0.25) is 5.02 Å². The predicted molar refractivity (Wildman–Crippen MR) is 75.9 cm³/mol. The number of anilines is 1. The molecule has 0 saturated heterocycles. The summed E-state index contributed by atoms with van der Waals surface area (Å²) < 4.78 is 23.6.